The summed E-state index contributed by atoms with van der Waals surface area (Å²) < 4.78 is 47.6. The fourth-order valence-corrected chi connectivity index (χ4v) is 3.61. The van der Waals surface area contributed by atoms with Crippen LogP contribution in [0.1, 0.15) is 20.8 Å². The number of H-pyrrole nitrogens is 1. The van der Waals surface area contributed by atoms with Crippen molar-refractivity contribution in [1.29, 1.82) is 0 Å². The quantitative estimate of drug-likeness (QED) is 0.702. The van der Waals surface area contributed by atoms with E-state index in [2.05, 4.69) is 10.2 Å². The van der Waals surface area contributed by atoms with Crippen molar-refractivity contribution in [1.82, 2.24) is 14.8 Å². The number of halogens is 4. The predicted molar refractivity (Wildman–Crippen MR) is 101 cm³/mol. The van der Waals surface area contributed by atoms with Crippen LogP contribution < -0.4 is 5.69 Å². The second-order valence-corrected chi connectivity index (χ2v) is 13.1. The highest BCUT2D eigenvalue weighted by atomic mass is 35.5. The zero-order chi connectivity index (χ0) is 20.6. The molecule has 0 radical (unpaired) electrons. The van der Waals surface area contributed by atoms with Gasteiger partial charge in [-0.05, 0) is 42.4 Å². The molecule has 1 aromatic carbocycles. The second kappa shape index (κ2) is 7.44. The van der Waals surface area contributed by atoms with Gasteiger partial charge in [-0.2, -0.15) is 18.3 Å². The SMILES string of the molecule is CC(C)(C)[Si](C)(C)OC(Cn1c(-c2ccc(Cl)cc2)n[nH]c1=O)C(F)(F)F. The Morgan fingerprint density at radius 2 is 1.78 bits per heavy atom. The third-order valence-electron chi connectivity index (χ3n) is 4.82. The van der Waals surface area contributed by atoms with E-state index in [0.29, 0.717) is 10.6 Å². The summed E-state index contributed by atoms with van der Waals surface area (Å²) in [6, 6.07) is 6.33. The van der Waals surface area contributed by atoms with Gasteiger partial charge in [0.25, 0.3) is 0 Å². The molecule has 0 fully saturated rings. The van der Waals surface area contributed by atoms with Crippen LogP contribution in [-0.2, 0) is 11.0 Å². The van der Waals surface area contributed by atoms with Crippen LogP contribution in [0.2, 0.25) is 23.2 Å². The molecule has 0 saturated heterocycles. The standard InChI is InChI=1S/C17H23ClF3N3O2Si/c1-16(2,3)27(4,5)26-13(17(19,20)21)10-24-14(22-23-15(24)25)11-6-8-12(18)9-7-11/h6-9,13H,10H2,1-5H3,(H,23,25). The Bertz CT molecular complexity index is 839. The normalized spacial score (nSPS) is 14.4. The zero-order valence-corrected chi connectivity index (χ0v) is 17.6. The van der Waals surface area contributed by atoms with Gasteiger partial charge in [0.2, 0.25) is 0 Å². The second-order valence-electron chi connectivity index (χ2n) is 7.88. The maximum absolute atomic E-state index is 13.7. The Morgan fingerprint density at radius 1 is 1.22 bits per heavy atom. The van der Waals surface area contributed by atoms with Gasteiger partial charge in [-0.15, -0.1) is 0 Å². The van der Waals surface area contributed by atoms with Crippen LogP contribution in [0.25, 0.3) is 11.4 Å². The first-order chi connectivity index (χ1) is 12.2. The number of nitrogens with zero attached hydrogens (tertiary/aromatic N) is 2. The van der Waals surface area contributed by atoms with Crippen LogP contribution in [0.5, 0.6) is 0 Å². The van der Waals surface area contributed by atoms with Crippen LogP contribution in [0.15, 0.2) is 29.1 Å². The molecule has 0 spiro atoms. The molecule has 0 amide bonds. The van der Waals surface area contributed by atoms with Crippen molar-refractivity contribution in [2.75, 3.05) is 0 Å². The first kappa shape index (κ1) is 21.7. The molecule has 1 aromatic heterocycles. The van der Waals surface area contributed by atoms with E-state index in [1.807, 2.05) is 20.8 Å². The molecule has 5 nitrogen and oxygen atoms in total. The van der Waals surface area contributed by atoms with E-state index < -0.39 is 37.9 Å². The number of aromatic amines is 1. The van der Waals surface area contributed by atoms with Crippen LogP contribution in [-0.4, -0.2) is 35.4 Å². The minimum atomic E-state index is -4.62. The van der Waals surface area contributed by atoms with E-state index >= 15 is 0 Å². The fraction of sp³-hybridized carbons (Fsp3) is 0.529. The van der Waals surface area contributed by atoms with Crippen molar-refractivity contribution < 1.29 is 17.6 Å². The summed E-state index contributed by atoms with van der Waals surface area (Å²) in [6.45, 7) is 8.37. The lowest BCUT2D eigenvalue weighted by atomic mass is 10.2. The molecule has 1 N–H and O–H groups in total. The molecule has 0 bridgehead atoms. The zero-order valence-electron chi connectivity index (χ0n) is 15.8. The molecule has 150 valence electrons. The molecule has 27 heavy (non-hydrogen) atoms. The van der Waals surface area contributed by atoms with Crippen molar-refractivity contribution in [2.24, 2.45) is 0 Å². The van der Waals surface area contributed by atoms with Crippen molar-refractivity contribution >= 4 is 19.9 Å². The third kappa shape index (κ3) is 5.02. The molecule has 0 saturated carbocycles. The molecule has 0 aliphatic carbocycles. The van der Waals surface area contributed by atoms with E-state index in [0.717, 1.165) is 4.57 Å². The Kier molecular flexibility index (Phi) is 5.98. The predicted octanol–water partition coefficient (Wildman–Crippen LogP) is 4.84. The summed E-state index contributed by atoms with van der Waals surface area (Å²) >= 11 is 5.84. The summed E-state index contributed by atoms with van der Waals surface area (Å²) in [6.07, 6.45) is -6.73. The molecule has 0 aliphatic rings. The Hall–Kier alpha value is -1.58. The fourth-order valence-electron chi connectivity index (χ4n) is 2.21. The molecule has 2 rings (SSSR count). The number of hydrogen-bond donors (Lipinski definition) is 1. The topological polar surface area (TPSA) is 59.9 Å². The van der Waals surface area contributed by atoms with Crippen molar-refractivity contribution in [3.8, 4) is 11.4 Å². The number of rotatable bonds is 5. The van der Waals surface area contributed by atoms with Gasteiger partial charge in [0.05, 0.1) is 6.54 Å². The molecule has 2 aromatic rings. The highest BCUT2D eigenvalue weighted by molar-refractivity contribution is 6.74. The monoisotopic (exact) mass is 421 g/mol. The summed E-state index contributed by atoms with van der Waals surface area (Å²) in [5.41, 5.74) is -0.251. The minimum absolute atomic E-state index is 0.102. The highest BCUT2D eigenvalue weighted by Gasteiger charge is 2.48. The molecular formula is C17H23ClF3N3O2Si. The van der Waals surface area contributed by atoms with Gasteiger partial charge in [-0.3, -0.25) is 4.57 Å². The average molecular weight is 422 g/mol. The van der Waals surface area contributed by atoms with Crippen LogP contribution >= 0.6 is 11.6 Å². The van der Waals surface area contributed by atoms with Gasteiger partial charge in [0.1, 0.15) is 0 Å². The lowest BCUT2D eigenvalue weighted by Crippen LogP contribution is -2.50. The van der Waals surface area contributed by atoms with Crippen molar-refractivity contribution in [3.05, 3.63) is 39.8 Å². The van der Waals surface area contributed by atoms with Crippen molar-refractivity contribution in [2.45, 2.75) is 57.7 Å². The molecule has 1 heterocycles. The summed E-state index contributed by atoms with van der Waals surface area (Å²) in [7, 11) is -2.72. The lowest BCUT2D eigenvalue weighted by Gasteiger charge is -2.39. The molecule has 1 atom stereocenters. The number of nitrogens with one attached hydrogen (secondary N) is 1. The van der Waals surface area contributed by atoms with Gasteiger partial charge in [0, 0.05) is 10.6 Å². The van der Waals surface area contributed by atoms with E-state index in [1.165, 1.54) is 0 Å². The lowest BCUT2D eigenvalue weighted by molar-refractivity contribution is -0.202. The van der Waals surface area contributed by atoms with Crippen LogP contribution in [0.4, 0.5) is 13.2 Å². The average Bonchev–Trinajstić information content (AvgIpc) is 2.86. The van der Waals surface area contributed by atoms with E-state index in [9.17, 15) is 18.0 Å². The first-order valence-electron chi connectivity index (χ1n) is 8.38. The summed E-state index contributed by atoms with van der Waals surface area (Å²) in [5, 5.41) is 6.14. The van der Waals surface area contributed by atoms with E-state index in [-0.39, 0.29) is 5.82 Å². The highest BCUT2D eigenvalue weighted by Crippen LogP contribution is 2.40. The number of benzene rings is 1. The third-order valence-corrected chi connectivity index (χ3v) is 9.56. The first-order valence-corrected chi connectivity index (χ1v) is 11.7. The molecule has 1 unspecified atom stereocenters. The minimum Gasteiger partial charge on any atom is -0.404 e. The number of alkyl halides is 3. The maximum atomic E-state index is 13.7. The van der Waals surface area contributed by atoms with E-state index in [1.54, 1.807) is 37.4 Å². The Morgan fingerprint density at radius 3 is 2.26 bits per heavy atom. The van der Waals surface area contributed by atoms with Gasteiger partial charge in [-0.25, -0.2) is 9.89 Å². The molecule has 0 aliphatic heterocycles. The summed E-state index contributed by atoms with van der Waals surface area (Å²) in [4.78, 5) is 12.1. The number of hydrogen-bond acceptors (Lipinski definition) is 3. The molecule has 10 heteroatoms. The van der Waals surface area contributed by atoms with Crippen LogP contribution in [0, 0.1) is 0 Å². The maximum Gasteiger partial charge on any atom is 0.415 e. The Balaban J connectivity index is 2.41. The van der Waals surface area contributed by atoms with E-state index in [4.69, 9.17) is 16.0 Å². The summed E-state index contributed by atoms with van der Waals surface area (Å²) in [5.74, 6) is 0.102. The largest absolute Gasteiger partial charge is 0.415 e. The van der Waals surface area contributed by atoms with Gasteiger partial charge >= 0.3 is 11.9 Å². The van der Waals surface area contributed by atoms with Gasteiger partial charge in [0.15, 0.2) is 20.2 Å². The van der Waals surface area contributed by atoms with Crippen LogP contribution in [0.3, 0.4) is 0 Å². The van der Waals surface area contributed by atoms with Gasteiger partial charge in [-0.1, -0.05) is 32.4 Å². The van der Waals surface area contributed by atoms with Crippen molar-refractivity contribution in [3.63, 3.8) is 0 Å². The smallest absolute Gasteiger partial charge is 0.404 e. The molecular weight excluding hydrogens is 399 g/mol. The van der Waals surface area contributed by atoms with Gasteiger partial charge < -0.3 is 4.43 Å². The Labute approximate surface area is 161 Å². The number of aromatic nitrogens is 3.